The van der Waals surface area contributed by atoms with Crippen LogP contribution >= 0.6 is 0 Å². The maximum atomic E-state index is 10.0. The van der Waals surface area contributed by atoms with Crippen LogP contribution in [0.15, 0.2) is 42.7 Å². The van der Waals surface area contributed by atoms with E-state index in [-0.39, 0.29) is 16.5 Å². The first-order chi connectivity index (χ1) is 6.29. The molecule has 0 atom stereocenters. The molecule has 2 rings (SSSR count). The zero-order chi connectivity index (χ0) is 9.52. The third-order valence-corrected chi connectivity index (χ3v) is 1.20. The summed E-state index contributed by atoms with van der Waals surface area (Å²) in [4.78, 5) is 23.9. The van der Waals surface area contributed by atoms with E-state index >= 15 is 0 Å². The molecule has 74 valence electrons. The number of pyridine rings is 1. The first-order valence-corrected chi connectivity index (χ1v) is 3.67. The van der Waals surface area contributed by atoms with Crippen molar-refractivity contribution in [2.45, 2.75) is 0 Å². The van der Waals surface area contributed by atoms with Gasteiger partial charge < -0.3 is 0 Å². The molecule has 0 aromatic carbocycles. The maximum Gasteiger partial charge on any atom is 0.250 e. The monoisotopic (exact) mass is 196 g/mol. The molecule has 1 aromatic heterocycles. The topological polar surface area (TPSA) is 59.1 Å². The van der Waals surface area contributed by atoms with Crippen LogP contribution in [0, 0.1) is 0 Å². The molecule has 2 amide bonds. The highest BCUT2D eigenvalue weighted by Gasteiger charge is 2.06. The smallest absolute Gasteiger partial charge is 0.250 e. The highest BCUT2D eigenvalue weighted by Crippen LogP contribution is 1.82. The molecular formula is C9H9FN2O2. The van der Waals surface area contributed by atoms with E-state index in [0.29, 0.717) is 0 Å². The van der Waals surface area contributed by atoms with Crippen LogP contribution in [-0.4, -0.2) is 16.8 Å². The van der Waals surface area contributed by atoms with E-state index in [1.807, 2.05) is 23.5 Å². The molecule has 4 nitrogen and oxygen atoms in total. The second-order valence-electron chi connectivity index (χ2n) is 2.21. The molecule has 0 radical (unpaired) electrons. The average molecular weight is 196 g/mol. The van der Waals surface area contributed by atoms with Crippen molar-refractivity contribution in [3.05, 3.63) is 42.7 Å². The highest BCUT2D eigenvalue weighted by molar-refractivity contribution is 6.12. The van der Waals surface area contributed by atoms with Gasteiger partial charge in [-0.05, 0) is 12.1 Å². The summed E-state index contributed by atoms with van der Waals surface area (Å²) in [7, 11) is 0. The number of carbonyl (C=O) groups is 2. The quantitative estimate of drug-likeness (QED) is 0.612. The fraction of sp³-hybridized carbons (Fsp3) is 0. The van der Waals surface area contributed by atoms with Crippen molar-refractivity contribution in [3.8, 4) is 0 Å². The fourth-order valence-corrected chi connectivity index (χ4v) is 0.669. The third kappa shape index (κ3) is 4.76. The molecule has 0 spiro atoms. The molecule has 0 unspecified atom stereocenters. The molecule has 1 aliphatic heterocycles. The standard InChI is InChI=1S/C5H5N.C4H3NO2.FH/c1-2-4-6-5-3-1;6-3-1-2-4(7)5-3;/h1-5H;1-2H,(H,5,6,7);1H. The predicted octanol–water partition coefficient (Wildman–Crippen LogP) is 0.433. The van der Waals surface area contributed by atoms with Gasteiger partial charge in [0.15, 0.2) is 0 Å². The Morgan fingerprint density at radius 3 is 1.57 bits per heavy atom. The maximum absolute atomic E-state index is 10.0. The number of hydrogen-bond acceptors (Lipinski definition) is 3. The predicted molar refractivity (Wildman–Crippen MR) is 49.0 cm³/mol. The lowest BCUT2D eigenvalue weighted by Crippen LogP contribution is -2.19. The molecule has 0 fully saturated rings. The Morgan fingerprint density at radius 1 is 0.929 bits per heavy atom. The summed E-state index contributed by atoms with van der Waals surface area (Å²) in [5, 5.41) is 2.03. The van der Waals surface area contributed by atoms with Crippen molar-refractivity contribution >= 4 is 11.8 Å². The van der Waals surface area contributed by atoms with Gasteiger partial charge in [0, 0.05) is 24.5 Å². The molecule has 1 aliphatic rings. The second-order valence-corrected chi connectivity index (χ2v) is 2.21. The number of carbonyl (C=O) groups excluding carboxylic acids is 2. The second kappa shape index (κ2) is 6.47. The van der Waals surface area contributed by atoms with Crippen molar-refractivity contribution in [1.82, 2.24) is 10.3 Å². The van der Waals surface area contributed by atoms with Crippen molar-refractivity contribution in [2.75, 3.05) is 0 Å². The van der Waals surface area contributed by atoms with Crippen molar-refractivity contribution < 1.29 is 14.3 Å². The van der Waals surface area contributed by atoms with E-state index < -0.39 is 0 Å². The average Bonchev–Trinajstić information content (AvgIpc) is 2.54. The van der Waals surface area contributed by atoms with Crippen molar-refractivity contribution in [2.24, 2.45) is 0 Å². The van der Waals surface area contributed by atoms with Crippen LogP contribution in [0.1, 0.15) is 0 Å². The lowest BCUT2D eigenvalue weighted by molar-refractivity contribution is -0.123. The number of amides is 2. The number of rotatable bonds is 0. The SMILES string of the molecule is F.O=C1C=CC(=O)N1.c1ccncc1. The van der Waals surface area contributed by atoms with Gasteiger partial charge in [0.25, 0.3) is 11.8 Å². The molecule has 0 saturated heterocycles. The number of nitrogens with one attached hydrogen (secondary N) is 1. The molecule has 5 heteroatoms. The van der Waals surface area contributed by atoms with E-state index in [2.05, 4.69) is 4.98 Å². The molecule has 2 heterocycles. The summed E-state index contributed by atoms with van der Waals surface area (Å²) in [5.74, 6) is -0.657. The normalized spacial score (nSPS) is 12.3. The summed E-state index contributed by atoms with van der Waals surface area (Å²) in [6, 6.07) is 5.72. The molecule has 1 aromatic rings. The van der Waals surface area contributed by atoms with Gasteiger partial charge in [-0.25, -0.2) is 0 Å². The minimum absolute atomic E-state index is 0. The minimum atomic E-state index is -0.329. The highest BCUT2D eigenvalue weighted by atomic mass is 19.0. The lowest BCUT2D eigenvalue weighted by Gasteiger charge is -1.80. The summed E-state index contributed by atoms with van der Waals surface area (Å²) >= 11 is 0. The fourth-order valence-electron chi connectivity index (χ4n) is 0.669. The Bertz CT molecular complexity index is 282. The van der Waals surface area contributed by atoms with Crippen LogP contribution in [0.5, 0.6) is 0 Å². The summed E-state index contributed by atoms with van der Waals surface area (Å²) in [5.41, 5.74) is 0. The Hall–Kier alpha value is -2.04. The number of aromatic nitrogens is 1. The van der Waals surface area contributed by atoms with Crippen LogP contribution < -0.4 is 5.32 Å². The summed E-state index contributed by atoms with van der Waals surface area (Å²) in [6.45, 7) is 0. The number of hydrogen-bond donors (Lipinski definition) is 1. The van der Waals surface area contributed by atoms with Gasteiger partial charge in [0.1, 0.15) is 0 Å². The lowest BCUT2D eigenvalue weighted by atomic mass is 10.5. The van der Waals surface area contributed by atoms with Crippen LogP contribution in [-0.2, 0) is 9.59 Å². The van der Waals surface area contributed by atoms with Crippen molar-refractivity contribution in [1.29, 1.82) is 0 Å². The first-order valence-electron chi connectivity index (χ1n) is 3.67. The molecular weight excluding hydrogens is 187 g/mol. The van der Waals surface area contributed by atoms with Crippen LogP contribution in [0.25, 0.3) is 0 Å². The Kier molecular flexibility index (Phi) is 5.53. The van der Waals surface area contributed by atoms with Gasteiger partial charge >= 0.3 is 0 Å². The Morgan fingerprint density at radius 2 is 1.43 bits per heavy atom. The third-order valence-electron chi connectivity index (χ3n) is 1.20. The van der Waals surface area contributed by atoms with Gasteiger partial charge in [-0.2, -0.15) is 0 Å². The van der Waals surface area contributed by atoms with E-state index in [4.69, 9.17) is 0 Å². The van der Waals surface area contributed by atoms with Crippen LogP contribution in [0.2, 0.25) is 0 Å². The zero-order valence-electron chi connectivity index (χ0n) is 7.21. The molecule has 1 N–H and O–H groups in total. The van der Waals surface area contributed by atoms with E-state index in [0.717, 1.165) is 0 Å². The van der Waals surface area contributed by atoms with Crippen LogP contribution in [0.3, 0.4) is 0 Å². The van der Waals surface area contributed by atoms with Crippen LogP contribution in [0.4, 0.5) is 4.70 Å². The summed E-state index contributed by atoms with van der Waals surface area (Å²) in [6.07, 6.45) is 5.89. The molecule has 14 heavy (non-hydrogen) atoms. The van der Waals surface area contributed by atoms with E-state index in [9.17, 15) is 9.59 Å². The zero-order valence-corrected chi connectivity index (χ0v) is 7.21. The summed E-state index contributed by atoms with van der Waals surface area (Å²) < 4.78 is 0. The largest absolute Gasteiger partial charge is 0.289 e. The molecule has 0 aliphatic carbocycles. The van der Waals surface area contributed by atoms with Gasteiger partial charge in [-0.3, -0.25) is 24.6 Å². The van der Waals surface area contributed by atoms with E-state index in [1.54, 1.807) is 12.4 Å². The van der Waals surface area contributed by atoms with Gasteiger partial charge in [-0.15, -0.1) is 0 Å². The van der Waals surface area contributed by atoms with Gasteiger partial charge in [0.05, 0.1) is 0 Å². The number of nitrogens with zero attached hydrogens (tertiary/aromatic N) is 1. The molecule has 0 bridgehead atoms. The van der Waals surface area contributed by atoms with Crippen molar-refractivity contribution in [3.63, 3.8) is 0 Å². The minimum Gasteiger partial charge on any atom is -0.289 e. The Balaban J connectivity index is 0.000000227. The van der Waals surface area contributed by atoms with Gasteiger partial charge in [0.2, 0.25) is 0 Å². The molecule has 0 saturated carbocycles. The number of halogens is 1. The Labute approximate surface area is 80.0 Å². The van der Waals surface area contributed by atoms with Gasteiger partial charge in [-0.1, -0.05) is 6.07 Å². The number of imide groups is 1. The first kappa shape index (κ1) is 12.0. The van der Waals surface area contributed by atoms with E-state index in [1.165, 1.54) is 12.2 Å².